The minimum absolute atomic E-state index is 0.0346. The summed E-state index contributed by atoms with van der Waals surface area (Å²) in [6.45, 7) is 0.890. The van der Waals surface area contributed by atoms with Gasteiger partial charge < -0.3 is 9.30 Å². The number of imide groups is 1. The lowest BCUT2D eigenvalue weighted by atomic mass is 9.85. The summed E-state index contributed by atoms with van der Waals surface area (Å²) in [5.74, 6) is -0.684. The molecule has 2 heterocycles. The summed E-state index contributed by atoms with van der Waals surface area (Å²) in [5, 5.41) is 2.35. The molecule has 0 N–H and O–H groups in total. The van der Waals surface area contributed by atoms with Gasteiger partial charge in [-0.15, -0.1) is 0 Å². The molecular weight excluding hydrogens is 404 g/mol. The van der Waals surface area contributed by atoms with Crippen LogP contribution in [-0.4, -0.2) is 40.4 Å². The Balaban J connectivity index is 1.08. The summed E-state index contributed by atoms with van der Waals surface area (Å²) in [6, 6.07) is 16.4. The van der Waals surface area contributed by atoms with Crippen LogP contribution in [0.4, 0.5) is 0 Å². The Morgan fingerprint density at radius 1 is 0.844 bits per heavy atom. The number of benzene rings is 2. The van der Waals surface area contributed by atoms with Crippen LogP contribution in [0.25, 0.3) is 21.8 Å². The van der Waals surface area contributed by atoms with Crippen molar-refractivity contribution >= 4 is 39.6 Å². The van der Waals surface area contributed by atoms with Gasteiger partial charge >= 0.3 is 5.97 Å². The maximum absolute atomic E-state index is 12.7. The maximum Gasteiger partial charge on any atom is 0.307 e. The molecule has 0 unspecified atom stereocenters. The monoisotopic (exact) mass is 428 g/mol. The highest BCUT2D eigenvalue weighted by Crippen LogP contribution is 2.52. The van der Waals surface area contributed by atoms with Gasteiger partial charge in [0.05, 0.1) is 24.8 Å². The van der Waals surface area contributed by atoms with Crippen LogP contribution in [-0.2, 0) is 25.7 Å². The van der Waals surface area contributed by atoms with Gasteiger partial charge in [-0.25, -0.2) is 0 Å². The minimum Gasteiger partial charge on any atom is -0.464 e. The van der Waals surface area contributed by atoms with Gasteiger partial charge in [-0.3, -0.25) is 19.3 Å². The minimum atomic E-state index is -0.385. The fourth-order valence-electron chi connectivity index (χ4n) is 5.95. The highest BCUT2D eigenvalue weighted by atomic mass is 16.5. The number of hydrogen-bond acceptors (Lipinski definition) is 4. The smallest absolute Gasteiger partial charge is 0.307 e. The Morgan fingerprint density at radius 2 is 1.41 bits per heavy atom. The van der Waals surface area contributed by atoms with E-state index in [9.17, 15) is 14.4 Å². The first kappa shape index (κ1) is 19.3. The van der Waals surface area contributed by atoms with E-state index in [-0.39, 0.29) is 61.0 Å². The third-order valence-electron chi connectivity index (χ3n) is 7.36. The zero-order valence-electron chi connectivity index (χ0n) is 17.6. The van der Waals surface area contributed by atoms with Gasteiger partial charge in [-0.05, 0) is 30.4 Å². The van der Waals surface area contributed by atoms with Crippen molar-refractivity contribution in [1.29, 1.82) is 0 Å². The molecule has 2 amide bonds. The number of allylic oxidation sites excluding steroid dienone is 2. The molecule has 1 saturated heterocycles. The Morgan fingerprint density at radius 3 is 2.00 bits per heavy atom. The Kier molecular flexibility index (Phi) is 4.42. The van der Waals surface area contributed by atoms with Gasteiger partial charge in [-0.1, -0.05) is 48.6 Å². The quantitative estimate of drug-likeness (QED) is 0.342. The van der Waals surface area contributed by atoms with Gasteiger partial charge in [-0.2, -0.15) is 0 Å². The molecule has 32 heavy (non-hydrogen) atoms. The molecule has 3 aliphatic rings. The van der Waals surface area contributed by atoms with Gasteiger partial charge in [0.15, 0.2) is 0 Å². The number of amides is 2. The van der Waals surface area contributed by atoms with Gasteiger partial charge in [0.2, 0.25) is 11.8 Å². The maximum atomic E-state index is 12.7. The van der Waals surface area contributed by atoms with Crippen molar-refractivity contribution < 1.29 is 19.1 Å². The number of carbonyl (C=O) groups is 3. The number of rotatable bonds is 6. The van der Waals surface area contributed by atoms with Crippen LogP contribution in [0, 0.1) is 23.7 Å². The second-order valence-electron chi connectivity index (χ2n) is 8.98. The largest absolute Gasteiger partial charge is 0.464 e. The molecule has 1 aromatic heterocycles. The lowest BCUT2D eigenvalue weighted by Crippen LogP contribution is -2.35. The number of nitrogens with zero attached hydrogens (tertiary/aromatic N) is 2. The van der Waals surface area contributed by atoms with Gasteiger partial charge in [0.25, 0.3) is 0 Å². The molecule has 6 rings (SSSR count). The molecule has 2 bridgehead atoms. The van der Waals surface area contributed by atoms with Crippen molar-refractivity contribution in [1.82, 2.24) is 9.47 Å². The van der Waals surface area contributed by atoms with E-state index < -0.39 is 0 Å². The standard InChI is InChI=1S/C26H24N2O4/c29-22(11-12-28-25(30)23-16-9-10-17(15-16)24(23)26(28)31)32-14-13-27-20-7-3-1-5-18(20)19-6-2-4-8-21(19)27/h1-10,16-17,23-24H,11-15H2/t16-,17+,23+,24-. The summed E-state index contributed by atoms with van der Waals surface area (Å²) in [5.41, 5.74) is 2.21. The predicted molar refractivity (Wildman–Crippen MR) is 119 cm³/mol. The fraction of sp³-hybridized carbons (Fsp3) is 0.346. The summed E-state index contributed by atoms with van der Waals surface area (Å²) < 4.78 is 7.63. The van der Waals surface area contributed by atoms with Crippen molar-refractivity contribution in [3.63, 3.8) is 0 Å². The molecule has 0 spiro atoms. The summed E-state index contributed by atoms with van der Waals surface area (Å²) >= 11 is 0. The first-order valence-electron chi connectivity index (χ1n) is 11.3. The molecule has 1 aliphatic heterocycles. The first-order valence-corrected chi connectivity index (χ1v) is 11.3. The average molecular weight is 428 g/mol. The van der Waals surface area contributed by atoms with Crippen LogP contribution >= 0.6 is 0 Å². The van der Waals surface area contributed by atoms with E-state index >= 15 is 0 Å². The van der Waals surface area contributed by atoms with Gasteiger partial charge in [0, 0.05) is 28.4 Å². The normalized spacial score (nSPS) is 25.9. The van der Waals surface area contributed by atoms with E-state index in [1.807, 2.05) is 24.3 Å². The summed E-state index contributed by atoms with van der Waals surface area (Å²) in [6.07, 6.45) is 5.09. The third kappa shape index (κ3) is 2.82. The summed E-state index contributed by atoms with van der Waals surface area (Å²) in [4.78, 5) is 39.1. The van der Waals surface area contributed by atoms with Crippen molar-refractivity contribution in [2.24, 2.45) is 23.7 Å². The fourth-order valence-corrected chi connectivity index (χ4v) is 5.95. The highest BCUT2D eigenvalue weighted by molar-refractivity contribution is 6.08. The van der Waals surface area contributed by atoms with E-state index in [2.05, 4.69) is 41.0 Å². The zero-order valence-corrected chi connectivity index (χ0v) is 17.6. The SMILES string of the molecule is O=C(CCN1C(=O)[C@@H]2[C@H](C1=O)[C@H]1C=C[C@@H]2C1)OCCn1c2ccccc2c2ccccc21. The predicted octanol–water partition coefficient (Wildman–Crippen LogP) is 3.53. The number of carbonyl (C=O) groups excluding carboxylic acids is 3. The molecule has 6 nitrogen and oxygen atoms in total. The second kappa shape index (κ2) is 7.33. The summed E-state index contributed by atoms with van der Waals surface area (Å²) in [7, 11) is 0. The van der Waals surface area contributed by atoms with Crippen LogP contribution in [0.1, 0.15) is 12.8 Å². The van der Waals surface area contributed by atoms with E-state index in [1.54, 1.807) is 0 Å². The van der Waals surface area contributed by atoms with Crippen LogP contribution in [0.5, 0.6) is 0 Å². The van der Waals surface area contributed by atoms with Crippen LogP contribution in [0.3, 0.4) is 0 Å². The van der Waals surface area contributed by atoms with Crippen molar-refractivity contribution in [3.05, 3.63) is 60.7 Å². The van der Waals surface area contributed by atoms with Crippen LogP contribution < -0.4 is 0 Å². The molecule has 3 aromatic rings. The first-order chi connectivity index (χ1) is 15.6. The van der Waals surface area contributed by atoms with Crippen molar-refractivity contribution in [3.8, 4) is 0 Å². The molecule has 2 fully saturated rings. The van der Waals surface area contributed by atoms with Crippen molar-refractivity contribution in [2.45, 2.75) is 19.4 Å². The number of likely N-dealkylation sites (tertiary alicyclic amines) is 1. The molecular formula is C26H24N2O4. The number of hydrogen-bond donors (Lipinski definition) is 0. The van der Waals surface area contributed by atoms with Crippen LogP contribution in [0.15, 0.2) is 60.7 Å². The lowest BCUT2D eigenvalue weighted by molar-refractivity contribution is -0.146. The zero-order chi connectivity index (χ0) is 21.8. The van der Waals surface area contributed by atoms with E-state index in [0.717, 1.165) is 17.5 Å². The molecule has 2 aromatic carbocycles. The van der Waals surface area contributed by atoms with E-state index in [0.29, 0.717) is 6.54 Å². The number of esters is 1. The van der Waals surface area contributed by atoms with Gasteiger partial charge in [0.1, 0.15) is 6.61 Å². The van der Waals surface area contributed by atoms with Crippen LogP contribution in [0.2, 0.25) is 0 Å². The topological polar surface area (TPSA) is 68.6 Å². The molecule has 2 aliphatic carbocycles. The van der Waals surface area contributed by atoms with E-state index in [4.69, 9.17) is 4.74 Å². The Bertz CT molecular complexity index is 1210. The molecule has 6 heteroatoms. The third-order valence-corrected chi connectivity index (χ3v) is 7.36. The lowest BCUT2D eigenvalue weighted by Gasteiger charge is -2.16. The molecule has 0 radical (unpaired) electrons. The number of aromatic nitrogens is 1. The number of ether oxygens (including phenoxy) is 1. The number of para-hydroxylation sites is 2. The Labute approximate surface area is 185 Å². The second-order valence-corrected chi connectivity index (χ2v) is 8.98. The van der Waals surface area contributed by atoms with Crippen molar-refractivity contribution in [2.75, 3.05) is 13.2 Å². The molecule has 4 atom stereocenters. The Hall–Kier alpha value is -3.41. The van der Waals surface area contributed by atoms with E-state index in [1.165, 1.54) is 15.7 Å². The highest BCUT2D eigenvalue weighted by Gasteiger charge is 2.59. The molecule has 1 saturated carbocycles. The molecule has 162 valence electrons. The number of fused-ring (bicyclic) bond motifs is 8. The average Bonchev–Trinajstić information content (AvgIpc) is 3.55.